The molecule has 122 valence electrons. The highest BCUT2D eigenvalue weighted by molar-refractivity contribution is 6.46. The maximum atomic E-state index is 12.4. The van der Waals surface area contributed by atoms with Crippen molar-refractivity contribution in [3.8, 4) is 5.75 Å². The van der Waals surface area contributed by atoms with Gasteiger partial charge in [-0.1, -0.05) is 30.3 Å². The molecule has 0 saturated carbocycles. The van der Waals surface area contributed by atoms with Crippen LogP contribution in [-0.4, -0.2) is 35.9 Å². The second-order valence-electron chi connectivity index (χ2n) is 5.55. The minimum Gasteiger partial charge on any atom is -0.507 e. The van der Waals surface area contributed by atoms with E-state index in [-0.39, 0.29) is 11.3 Å². The quantitative estimate of drug-likeness (QED) is 0.536. The van der Waals surface area contributed by atoms with Crippen molar-refractivity contribution in [1.82, 2.24) is 4.90 Å². The van der Waals surface area contributed by atoms with Crippen LogP contribution in [0.2, 0.25) is 0 Å². The number of rotatable bonds is 3. The Morgan fingerprint density at radius 2 is 1.67 bits per heavy atom. The molecule has 24 heavy (non-hydrogen) atoms. The van der Waals surface area contributed by atoms with Crippen LogP contribution in [0.5, 0.6) is 5.75 Å². The van der Waals surface area contributed by atoms with Gasteiger partial charge in [-0.15, -0.1) is 0 Å². The van der Waals surface area contributed by atoms with Gasteiger partial charge in [0.2, 0.25) is 0 Å². The zero-order valence-electron chi connectivity index (χ0n) is 13.4. The van der Waals surface area contributed by atoms with Gasteiger partial charge in [0.1, 0.15) is 11.5 Å². The lowest BCUT2D eigenvalue weighted by Gasteiger charge is -2.20. The van der Waals surface area contributed by atoms with Crippen molar-refractivity contribution in [3.63, 3.8) is 0 Å². The number of hydrogen-bond donors (Lipinski definition) is 1. The second kappa shape index (κ2) is 6.20. The molecular weight excluding hydrogens is 306 g/mol. The minimum absolute atomic E-state index is 0.0962. The van der Waals surface area contributed by atoms with Gasteiger partial charge in [-0.3, -0.25) is 9.59 Å². The summed E-state index contributed by atoms with van der Waals surface area (Å²) in [6.45, 7) is 0. The van der Waals surface area contributed by atoms with E-state index in [1.165, 1.54) is 4.90 Å². The molecule has 1 aliphatic heterocycles. The highest BCUT2D eigenvalue weighted by atomic mass is 16.5. The molecule has 1 unspecified atom stereocenters. The Morgan fingerprint density at radius 3 is 2.25 bits per heavy atom. The number of likely N-dealkylation sites (N-methyl/N-ethyl adjacent to an activating group) is 1. The Balaban J connectivity index is 2.13. The summed E-state index contributed by atoms with van der Waals surface area (Å²) in [5, 5.41) is 10.7. The van der Waals surface area contributed by atoms with Gasteiger partial charge in [0.25, 0.3) is 11.7 Å². The first-order valence-electron chi connectivity index (χ1n) is 7.48. The maximum absolute atomic E-state index is 12.4. The van der Waals surface area contributed by atoms with Crippen LogP contribution in [0.4, 0.5) is 0 Å². The third-order valence-corrected chi connectivity index (χ3v) is 4.15. The van der Waals surface area contributed by atoms with Crippen molar-refractivity contribution in [1.29, 1.82) is 0 Å². The average Bonchev–Trinajstić information content (AvgIpc) is 2.86. The van der Waals surface area contributed by atoms with Crippen molar-refractivity contribution in [2.45, 2.75) is 6.04 Å². The maximum Gasteiger partial charge on any atom is 0.295 e. The zero-order chi connectivity index (χ0) is 17.3. The zero-order valence-corrected chi connectivity index (χ0v) is 13.4. The number of Topliss-reactive ketones (excluding diaryl/α,β-unsaturated/α-hetero) is 1. The van der Waals surface area contributed by atoms with Gasteiger partial charge in [0.05, 0.1) is 18.7 Å². The summed E-state index contributed by atoms with van der Waals surface area (Å²) < 4.78 is 5.09. The van der Waals surface area contributed by atoms with Crippen LogP contribution in [0.25, 0.3) is 5.76 Å². The monoisotopic (exact) mass is 323 g/mol. The highest BCUT2D eigenvalue weighted by Gasteiger charge is 2.44. The molecule has 0 radical (unpaired) electrons. The lowest BCUT2D eigenvalue weighted by Crippen LogP contribution is -2.24. The summed E-state index contributed by atoms with van der Waals surface area (Å²) in [5.74, 6) is -0.852. The first-order chi connectivity index (χ1) is 11.5. The van der Waals surface area contributed by atoms with Crippen LogP contribution in [0.15, 0.2) is 60.2 Å². The van der Waals surface area contributed by atoms with Crippen molar-refractivity contribution in [3.05, 3.63) is 71.3 Å². The Kier molecular flexibility index (Phi) is 4.08. The molecule has 0 aliphatic carbocycles. The normalized spacial score (nSPS) is 19.6. The van der Waals surface area contributed by atoms with Gasteiger partial charge in [-0.05, 0) is 29.8 Å². The van der Waals surface area contributed by atoms with E-state index in [0.29, 0.717) is 11.3 Å². The smallest absolute Gasteiger partial charge is 0.295 e. The molecule has 1 aliphatic rings. The van der Waals surface area contributed by atoms with E-state index in [4.69, 9.17) is 4.74 Å². The molecule has 3 rings (SSSR count). The fraction of sp³-hybridized carbons (Fsp3) is 0.158. The third kappa shape index (κ3) is 2.54. The SMILES string of the molecule is COc1ccc(/C(O)=C2/C(=O)C(=O)N(C)C2c2ccccc2)cc1. The molecule has 1 fully saturated rings. The summed E-state index contributed by atoms with van der Waals surface area (Å²) in [6, 6.07) is 15.3. The summed E-state index contributed by atoms with van der Waals surface area (Å²) in [6.07, 6.45) is 0. The van der Waals surface area contributed by atoms with Crippen LogP contribution < -0.4 is 4.74 Å². The lowest BCUT2D eigenvalue weighted by atomic mass is 9.95. The minimum atomic E-state index is -0.681. The van der Waals surface area contributed by atoms with Gasteiger partial charge in [0.15, 0.2) is 0 Å². The number of aliphatic hydroxyl groups excluding tert-OH is 1. The molecule has 2 aromatic rings. The average molecular weight is 323 g/mol. The molecule has 0 bridgehead atoms. The van der Waals surface area contributed by atoms with Gasteiger partial charge in [0, 0.05) is 12.6 Å². The molecule has 5 heteroatoms. The number of ketones is 1. The Hall–Kier alpha value is -3.08. The molecular formula is C19H17NO4. The molecule has 0 aromatic heterocycles. The Morgan fingerprint density at radius 1 is 1.04 bits per heavy atom. The van der Waals surface area contributed by atoms with Gasteiger partial charge < -0.3 is 14.7 Å². The predicted molar refractivity (Wildman–Crippen MR) is 89.5 cm³/mol. The van der Waals surface area contributed by atoms with E-state index in [1.54, 1.807) is 38.4 Å². The fourth-order valence-electron chi connectivity index (χ4n) is 2.88. The molecule has 1 amide bonds. The van der Waals surface area contributed by atoms with Crippen LogP contribution in [0.1, 0.15) is 17.2 Å². The molecule has 1 saturated heterocycles. The molecule has 1 atom stereocenters. The summed E-state index contributed by atoms with van der Waals surface area (Å²) >= 11 is 0. The van der Waals surface area contributed by atoms with Crippen LogP contribution in [0.3, 0.4) is 0 Å². The van der Waals surface area contributed by atoms with E-state index in [1.807, 2.05) is 30.3 Å². The number of aliphatic hydroxyl groups is 1. The number of nitrogens with zero attached hydrogens (tertiary/aromatic N) is 1. The van der Waals surface area contributed by atoms with Crippen LogP contribution >= 0.6 is 0 Å². The van der Waals surface area contributed by atoms with Gasteiger partial charge >= 0.3 is 0 Å². The first-order valence-corrected chi connectivity index (χ1v) is 7.48. The highest BCUT2D eigenvalue weighted by Crippen LogP contribution is 2.38. The van der Waals surface area contributed by atoms with Crippen molar-refractivity contribution in [2.24, 2.45) is 0 Å². The number of carbonyl (C=O) groups excluding carboxylic acids is 2. The number of likely N-dealkylation sites (tertiary alicyclic amines) is 1. The van der Waals surface area contributed by atoms with Crippen molar-refractivity contribution >= 4 is 17.4 Å². The van der Waals surface area contributed by atoms with Crippen molar-refractivity contribution < 1.29 is 19.4 Å². The largest absolute Gasteiger partial charge is 0.507 e. The lowest BCUT2D eigenvalue weighted by molar-refractivity contribution is -0.139. The number of hydrogen-bond acceptors (Lipinski definition) is 4. The van der Waals surface area contributed by atoms with E-state index in [9.17, 15) is 14.7 Å². The number of benzene rings is 2. The topological polar surface area (TPSA) is 66.8 Å². The van der Waals surface area contributed by atoms with E-state index in [0.717, 1.165) is 5.56 Å². The molecule has 0 spiro atoms. The summed E-state index contributed by atoms with van der Waals surface area (Å²) in [4.78, 5) is 25.9. The molecule has 1 N–H and O–H groups in total. The molecule has 2 aromatic carbocycles. The summed E-state index contributed by atoms with van der Waals surface area (Å²) in [7, 11) is 3.11. The number of ether oxygens (including phenoxy) is 1. The fourth-order valence-corrected chi connectivity index (χ4v) is 2.88. The van der Waals surface area contributed by atoms with Crippen LogP contribution in [0, 0.1) is 0 Å². The molecule has 5 nitrogen and oxygen atoms in total. The third-order valence-electron chi connectivity index (χ3n) is 4.15. The predicted octanol–water partition coefficient (Wildman–Crippen LogP) is 2.75. The number of methoxy groups -OCH3 is 1. The van der Waals surface area contributed by atoms with Gasteiger partial charge in [-0.2, -0.15) is 0 Å². The van der Waals surface area contributed by atoms with Gasteiger partial charge in [-0.25, -0.2) is 0 Å². The van der Waals surface area contributed by atoms with E-state index < -0.39 is 17.7 Å². The van der Waals surface area contributed by atoms with E-state index >= 15 is 0 Å². The second-order valence-corrected chi connectivity index (χ2v) is 5.55. The Labute approximate surface area is 139 Å². The van der Waals surface area contributed by atoms with Crippen molar-refractivity contribution in [2.75, 3.05) is 14.2 Å². The Bertz CT molecular complexity index is 809. The molecule has 1 heterocycles. The van der Waals surface area contributed by atoms with E-state index in [2.05, 4.69) is 0 Å². The standard InChI is InChI=1S/C19H17NO4/c1-20-16(12-6-4-3-5-7-12)15(18(22)19(20)23)17(21)13-8-10-14(24-2)11-9-13/h3-11,16,21H,1-2H3/b17-15-. The van der Waals surface area contributed by atoms with Crippen LogP contribution in [-0.2, 0) is 9.59 Å². The number of amides is 1. The first kappa shape index (κ1) is 15.8. The number of carbonyl (C=O) groups is 2. The summed E-state index contributed by atoms with van der Waals surface area (Å²) in [5.41, 5.74) is 1.33.